The average Bonchev–Trinajstić information content (AvgIpc) is 2.37. The molecule has 2 N–H and O–H groups in total. The molecule has 21 heavy (non-hydrogen) atoms. The van der Waals surface area contributed by atoms with Crippen LogP contribution in [0.3, 0.4) is 0 Å². The van der Waals surface area contributed by atoms with Crippen molar-refractivity contribution in [2.45, 2.75) is 32.7 Å². The van der Waals surface area contributed by atoms with E-state index in [1.807, 2.05) is 32.8 Å². The van der Waals surface area contributed by atoms with E-state index >= 15 is 0 Å². The van der Waals surface area contributed by atoms with Gasteiger partial charge in [0.15, 0.2) is 0 Å². The third kappa shape index (κ3) is 4.86. The van der Waals surface area contributed by atoms with Crippen molar-refractivity contribution in [1.29, 1.82) is 0 Å². The van der Waals surface area contributed by atoms with Gasteiger partial charge < -0.3 is 15.0 Å². The number of rotatable bonds is 7. The summed E-state index contributed by atoms with van der Waals surface area (Å²) in [6.45, 7) is 4.44. The number of aliphatic carboxylic acids is 1. The van der Waals surface area contributed by atoms with Gasteiger partial charge in [-0.25, -0.2) is 4.79 Å². The molecule has 1 aromatic heterocycles. The van der Waals surface area contributed by atoms with Crippen LogP contribution in [0, 0.1) is 5.92 Å². The second-order valence-electron chi connectivity index (χ2n) is 5.86. The first-order valence-electron chi connectivity index (χ1n) is 6.94. The predicted octanol–water partition coefficient (Wildman–Crippen LogP) is 0.313. The molecule has 1 unspecified atom stereocenters. The SMILES string of the molecule is CC(C)CC(C(=O)O)n1cc(CCN(C)C)[nH]c(=O)c1=O. The number of hydrogen-bond donors (Lipinski definition) is 2. The number of nitrogens with zero attached hydrogens (tertiary/aromatic N) is 2. The fourth-order valence-corrected chi connectivity index (χ4v) is 2.06. The number of carboxylic acid groups (broad SMARTS) is 1. The van der Waals surface area contributed by atoms with Gasteiger partial charge in [0.2, 0.25) is 0 Å². The van der Waals surface area contributed by atoms with Crippen LogP contribution < -0.4 is 11.1 Å². The number of nitrogens with one attached hydrogen (secondary N) is 1. The van der Waals surface area contributed by atoms with Crippen molar-refractivity contribution < 1.29 is 9.90 Å². The normalized spacial score (nSPS) is 12.9. The number of aromatic nitrogens is 2. The zero-order chi connectivity index (χ0) is 16.2. The number of carbonyl (C=O) groups is 1. The Morgan fingerprint density at radius 3 is 2.48 bits per heavy atom. The fourth-order valence-electron chi connectivity index (χ4n) is 2.06. The predicted molar refractivity (Wildman–Crippen MR) is 79.7 cm³/mol. The first kappa shape index (κ1) is 17.2. The molecule has 7 nitrogen and oxygen atoms in total. The lowest BCUT2D eigenvalue weighted by molar-refractivity contribution is -0.141. The van der Waals surface area contributed by atoms with Gasteiger partial charge in [-0.3, -0.25) is 14.2 Å². The van der Waals surface area contributed by atoms with E-state index in [4.69, 9.17) is 0 Å². The summed E-state index contributed by atoms with van der Waals surface area (Å²) in [4.78, 5) is 39.5. The van der Waals surface area contributed by atoms with Crippen LogP contribution in [0.4, 0.5) is 0 Å². The van der Waals surface area contributed by atoms with E-state index in [0.717, 1.165) is 4.57 Å². The summed E-state index contributed by atoms with van der Waals surface area (Å²) in [5, 5.41) is 9.32. The average molecular weight is 297 g/mol. The highest BCUT2D eigenvalue weighted by molar-refractivity contribution is 5.71. The Bertz CT molecular complexity index is 601. The van der Waals surface area contributed by atoms with Crippen LogP contribution in [0.1, 0.15) is 32.0 Å². The minimum atomic E-state index is -1.10. The molecule has 118 valence electrons. The zero-order valence-electron chi connectivity index (χ0n) is 12.9. The molecule has 0 aromatic carbocycles. The minimum Gasteiger partial charge on any atom is -0.480 e. The molecule has 0 bridgehead atoms. The molecule has 1 atom stereocenters. The molecule has 7 heteroatoms. The van der Waals surface area contributed by atoms with Crippen molar-refractivity contribution in [2.24, 2.45) is 5.92 Å². The summed E-state index contributed by atoms with van der Waals surface area (Å²) in [6.07, 6.45) is 2.29. The maximum Gasteiger partial charge on any atom is 0.326 e. The second kappa shape index (κ2) is 7.21. The monoisotopic (exact) mass is 297 g/mol. The van der Waals surface area contributed by atoms with Crippen molar-refractivity contribution in [2.75, 3.05) is 20.6 Å². The Hall–Kier alpha value is -1.89. The topological polar surface area (TPSA) is 95.4 Å². The molecule has 0 amide bonds. The molecule has 1 rings (SSSR count). The van der Waals surface area contributed by atoms with Gasteiger partial charge in [-0.1, -0.05) is 13.8 Å². The van der Waals surface area contributed by atoms with E-state index in [1.54, 1.807) is 0 Å². The van der Waals surface area contributed by atoms with Crippen molar-refractivity contribution >= 4 is 5.97 Å². The summed E-state index contributed by atoms with van der Waals surface area (Å²) in [7, 11) is 3.79. The number of hydrogen-bond acceptors (Lipinski definition) is 4. The van der Waals surface area contributed by atoms with Crippen LogP contribution in [0.5, 0.6) is 0 Å². The van der Waals surface area contributed by atoms with Gasteiger partial charge in [0.25, 0.3) is 0 Å². The molecule has 0 radical (unpaired) electrons. The van der Waals surface area contributed by atoms with Crippen molar-refractivity contribution in [3.05, 3.63) is 32.6 Å². The van der Waals surface area contributed by atoms with E-state index in [0.29, 0.717) is 25.1 Å². The number of aromatic amines is 1. The van der Waals surface area contributed by atoms with E-state index in [1.165, 1.54) is 6.20 Å². The lowest BCUT2D eigenvalue weighted by atomic mass is 10.0. The smallest absolute Gasteiger partial charge is 0.326 e. The lowest BCUT2D eigenvalue weighted by Crippen LogP contribution is -2.41. The fraction of sp³-hybridized carbons (Fsp3) is 0.643. The quantitative estimate of drug-likeness (QED) is 0.706. The summed E-state index contributed by atoms with van der Waals surface area (Å²) in [6, 6.07) is -1.02. The Kier molecular flexibility index (Phi) is 5.90. The van der Waals surface area contributed by atoms with Crippen LogP contribution in [0.15, 0.2) is 15.8 Å². The largest absolute Gasteiger partial charge is 0.480 e. The second-order valence-corrected chi connectivity index (χ2v) is 5.86. The standard InChI is InChI=1S/C14H23N3O4/c1-9(2)7-11(14(20)21)17-8-10(5-6-16(3)4)15-12(18)13(17)19/h8-9,11H,5-7H2,1-4H3,(H,15,18)(H,20,21). The highest BCUT2D eigenvalue weighted by Gasteiger charge is 2.23. The summed E-state index contributed by atoms with van der Waals surface area (Å²) in [5.41, 5.74) is -1.04. The third-order valence-electron chi connectivity index (χ3n) is 3.14. The molecule has 0 aliphatic heterocycles. The van der Waals surface area contributed by atoms with Crippen molar-refractivity contribution in [3.63, 3.8) is 0 Å². The van der Waals surface area contributed by atoms with E-state index in [9.17, 15) is 19.5 Å². The van der Waals surface area contributed by atoms with Gasteiger partial charge in [-0.2, -0.15) is 0 Å². The van der Waals surface area contributed by atoms with E-state index < -0.39 is 23.1 Å². The van der Waals surface area contributed by atoms with Crippen LogP contribution in [-0.2, 0) is 11.2 Å². The van der Waals surface area contributed by atoms with Gasteiger partial charge in [0, 0.05) is 24.9 Å². The van der Waals surface area contributed by atoms with Crippen molar-refractivity contribution in [3.8, 4) is 0 Å². The first-order valence-corrected chi connectivity index (χ1v) is 6.94. The maximum absolute atomic E-state index is 11.9. The molecule has 0 saturated carbocycles. The molecule has 0 spiro atoms. The lowest BCUT2D eigenvalue weighted by Gasteiger charge is -2.18. The maximum atomic E-state index is 11.9. The molecule has 0 aliphatic rings. The van der Waals surface area contributed by atoms with Crippen molar-refractivity contribution in [1.82, 2.24) is 14.5 Å². The van der Waals surface area contributed by atoms with Gasteiger partial charge in [-0.15, -0.1) is 0 Å². The van der Waals surface area contributed by atoms with E-state index in [-0.39, 0.29) is 5.92 Å². The van der Waals surface area contributed by atoms with Gasteiger partial charge in [0.1, 0.15) is 6.04 Å². The van der Waals surface area contributed by atoms with Crippen LogP contribution >= 0.6 is 0 Å². The molecule has 0 fully saturated rings. The third-order valence-corrected chi connectivity index (χ3v) is 3.14. The van der Waals surface area contributed by atoms with Crippen LogP contribution in [0.25, 0.3) is 0 Å². The van der Waals surface area contributed by atoms with Gasteiger partial charge in [-0.05, 0) is 26.4 Å². The molecule has 0 aliphatic carbocycles. The molecule has 1 heterocycles. The Morgan fingerprint density at radius 1 is 1.38 bits per heavy atom. The van der Waals surface area contributed by atoms with Gasteiger partial charge in [0.05, 0.1) is 0 Å². The molecular formula is C14H23N3O4. The van der Waals surface area contributed by atoms with Gasteiger partial charge >= 0.3 is 17.1 Å². The summed E-state index contributed by atoms with van der Waals surface area (Å²) in [5.74, 6) is -1.00. The Labute approximate surface area is 123 Å². The first-order chi connectivity index (χ1) is 9.72. The molecule has 0 saturated heterocycles. The molecular weight excluding hydrogens is 274 g/mol. The van der Waals surface area contributed by atoms with Crippen LogP contribution in [0.2, 0.25) is 0 Å². The van der Waals surface area contributed by atoms with E-state index in [2.05, 4.69) is 4.98 Å². The Balaban J connectivity index is 3.22. The van der Waals surface area contributed by atoms with Crippen LogP contribution in [-0.4, -0.2) is 46.2 Å². The zero-order valence-corrected chi connectivity index (χ0v) is 12.9. The Morgan fingerprint density at radius 2 is 2.00 bits per heavy atom. The highest BCUT2D eigenvalue weighted by atomic mass is 16.4. The molecule has 1 aromatic rings. The summed E-state index contributed by atoms with van der Waals surface area (Å²) < 4.78 is 1.05. The summed E-state index contributed by atoms with van der Waals surface area (Å²) >= 11 is 0. The highest BCUT2D eigenvalue weighted by Crippen LogP contribution is 2.16. The number of carboxylic acids is 1. The number of likely N-dealkylation sites (N-methyl/N-ethyl adjacent to an activating group) is 1. The number of H-pyrrole nitrogens is 1. The minimum absolute atomic E-state index is 0.0995.